The first-order valence-electron chi connectivity index (χ1n) is 12.7. The Morgan fingerprint density at radius 2 is 1.65 bits per heavy atom. The lowest BCUT2D eigenvalue weighted by Crippen LogP contribution is -2.28. The fourth-order valence-corrected chi connectivity index (χ4v) is 4.49. The number of likely N-dealkylation sites (N-methyl/N-ethyl adjacent to an activating group) is 1. The molecule has 0 saturated heterocycles. The highest BCUT2D eigenvalue weighted by Gasteiger charge is 2.15. The Bertz CT molecular complexity index is 1490. The smallest absolute Gasteiger partial charge is 0.254 e. The zero-order valence-corrected chi connectivity index (χ0v) is 23.7. The second-order valence-electron chi connectivity index (χ2n) is 9.26. The van der Waals surface area contributed by atoms with E-state index < -0.39 is 0 Å². The van der Waals surface area contributed by atoms with E-state index in [-0.39, 0.29) is 11.8 Å². The summed E-state index contributed by atoms with van der Waals surface area (Å²) in [6.07, 6.45) is 3.60. The monoisotopic (exact) mass is 558 g/mol. The number of hydrogen-bond donors (Lipinski definition) is 1. The third-order valence-electron chi connectivity index (χ3n) is 6.59. The molecule has 1 aromatic heterocycles. The molecular weight excluding hydrogens is 528 g/mol. The minimum absolute atomic E-state index is 0.117. The third kappa shape index (κ3) is 6.76. The van der Waals surface area contributed by atoms with Gasteiger partial charge >= 0.3 is 0 Å². The predicted octanol–water partition coefficient (Wildman–Crippen LogP) is 5.37. The lowest BCUT2D eigenvalue weighted by atomic mass is 10.1. The molecule has 40 heavy (non-hydrogen) atoms. The fourth-order valence-electron chi connectivity index (χ4n) is 4.20. The maximum atomic E-state index is 13.1. The molecule has 1 heterocycles. The number of halogens is 1. The largest absolute Gasteiger partial charge is 0.493 e. The zero-order chi connectivity index (χ0) is 28.6. The molecule has 9 heteroatoms. The summed E-state index contributed by atoms with van der Waals surface area (Å²) in [4.78, 5) is 36.2. The van der Waals surface area contributed by atoms with E-state index in [9.17, 15) is 9.59 Å². The van der Waals surface area contributed by atoms with Crippen LogP contribution in [0.25, 0.3) is 11.4 Å². The number of nitrogens with one attached hydrogen (secondary N) is 1. The first-order valence-corrected chi connectivity index (χ1v) is 13.1. The molecule has 0 aliphatic rings. The van der Waals surface area contributed by atoms with Gasteiger partial charge in [-0.1, -0.05) is 41.9 Å². The summed E-state index contributed by atoms with van der Waals surface area (Å²) in [7, 11) is 4.96. The van der Waals surface area contributed by atoms with Gasteiger partial charge in [0.2, 0.25) is 0 Å². The van der Waals surface area contributed by atoms with Crippen molar-refractivity contribution < 1.29 is 19.1 Å². The first kappa shape index (κ1) is 28.6. The van der Waals surface area contributed by atoms with Gasteiger partial charge in [0.25, 0.3) is 11.8 Å². The molecule has 4 aromatic rings. The van der Waals surface area contributed by atoms with Crippen molar-refractivity contribution in [3.8, 4) is 22.9 Å². The maximum absolute atomic E-state index is 13.1. The molecule has 0 fully saturated rings. The molecule has 0 radical (unpaired) electrons. The lowest BCUT2D eigenvalue weighted by molar-refractivity contribution is 0.0796. The van der Waals surface area contributed by atoms with Crippen LogP contribution in [0.15, 0.2) is 73.1 Å². The number of benzene rings is 3. The highest BCUT2D eigenvalue weighted by atomic mass is 35.5. The quantitative estimate of drug-likeness (QED) is 0.281. The number of methoxy groups -OCH3 is 2. The van der Waals surface area contributed by atoms with Gasteiger partial charge < -0.3 is 19.7 Å². The van der Waals surface area contributed by atoms with E-state index in [2.05, 4.69) is 15.3 Å². The summed E-state index contributed by atoms with van der Waals surface area (Å²) >= 11 is 6.26. The Labute approximate surface area is 238 Å². The SMILES string of the molecule is COc1ccc(CCN(C)C(=O)c2cccc(-c3ncc(C(=O)NCc4c(C)cccc4Cl)cn3)c2)cc1OC. The number of ether oxygens (including phenoxy) is 2. The van der Waals surface area contributed by atoms with Gasteiger partial charge in [0, 0.05) is 48.7 Å². The Hall–Kier alpha value is -4.43. The summed E-state index contributed by atoms with van der Waals surface area (Å²) in [6, 6.07) is 18.5. The van der Waals surface area contributed by atoms with Crippen LogP contribution in [0.3, 0.4) is 0 Å². The first-order chi connectivity index (χ1) is 19.3. The van der Waals surface area contributed by atoms with E-state index in [1.165, 1.54) is 12.4 Å². The van der Waals surface area contributed by atoms with Crippen molar-refractivity contribution in [2.75, 3.05) is 27.8 Å². The molecule has 0 aliphatic carbocycles. The number of amides is 2. The number of aromatic nitrogens is 2. The molecule has 8 nitrogen and oxygen atoms in total. The number of hydrogen-bond acceptors (Lipinski definition) is 6. The van der Waals surface area contributed by atoms with Crippen molar-refractivity contribution in [1.82, 2.24) is 20.2 Å². The Kier molecular flexibility index (Phi) is 9.35. The molecule has 3 aromatic carbocycles. The molecule has 0 bridgehead atoms. The van der Waals surface area contributed by atoms with Gasteiger partial charge in [-0.3, -0.25) is 9.59 Å². The van der Waals surface area contributed by atoms with Gasteiger partial charge in [-0.05, 0) is 60.4 Å². The number of aryl methyl sites for hydroxylation is 1. The molecule has 4 rings (SSSR count). The van der Waals surface area contributed by atoms with Gasteiger partial charge in [0.15, 0.2) is 17.3 Å². The van der Waals surface area contributed by atoms with Crippen LogP contribution < -0.4 is 14.8 Å². The average molecular weight is 559 g/mol. The topological polar surface area (TPSA) is 93.7 Å². The predicted molar refractivity (Wildman–Crippen MR) is 155 cm³/mol. The normalized spacial score (nSPS) is 10.6. The van der Waals surface area contributed by atoms with Gasteiger partial charge in [0.1, 0.15) is 0 Å². The molecule has 1 N–H and O–H groups in total. The molecule has 0 saturated carbocycles. The molecule has 2 amide bonds. The fraction of sp³-hybridized carbons (Fsp3) is 0.226. The zero-order valence-electron chi connectivity index (χ0n) is 22.9. The van der Waals surface area contributed by atoms with Crippen LogP contribution in [0.5, 0.6) is 11.5 Å². The molecule has 0 aliphatic heterocycles. The summed E-state index contributed by atoms with van der Waals surface area (Å²) in [5, 5.41) is 3.47. The molecule has 0 atom stereocenters. The van der Waals surface area contributed by atoms with Crippen LogP contribution in [0.2, 0.25) is 5.02 Å². The van der Waals surface area contributed by atoms with Crippen molar-refractivity contribution in [3.05, 3.63) is 106 Å². The number of carbonyl (C=O) groups is 2. The second-order valence-corrected chi connectivity index (χ2v) is 9.67. The average Bonchev–Trinajstić information content (AvgIpc) is 2.99. The highest BCUT2D eigenvalue weighted by Crippen LogP contribution is 2.28. The highest BCUT2D eigenvalue weighted by molar-refractivity contribution is 6.31. The van der Waals surface area contributed by atoms with Crippen LogP contribution in [-0.4, -0.2) is 54.5 Å². The lowest BCUT2D eigenvalue weighted by Gasteiger charge is -2.18. The Balaban J connectivity index is 1.38. The van der Waals surface area contributed by atoms with E-state index in [4.69, 9.17) is 21.1 Å². The Morgan fingerprint density at radius 1 is 0.925 bits per heavy atom. The molecule has 0 spiro atoms. The molecular formula is C31H31ClN4O4. The van der Waals surface area contributed by atoms with Gasteiger partial charge in [-0.25, -0.2) is 9.97 Å². The minimum Gasteiger partial charge on any atom is -0.493 e. The van der Waals surface area contributed by atoms with Crippen molar-refractivity contribution in [2.24, 2.45) is 0 Å². The summed E-state index contributed by atoms with van der Waals surface area (Å²) in [5.41, 5.74) is 4.43. The standard InChI is InChI=1S/C31H31ClN4O4/c1-20-7-5-10-26(32)25(20)19-35-30(37)24-17-33-29(34-18-24)22-8-6-9-23(16-22)31(38)36(2)14-13-21-11-12-27(39-3)28(15-21)40-4/h5-12,15-18H,13-14,19H2,1-4H3,(H,35,37). The van der Waals surface area contributed by atoms with E-state index in [1.54, 1.807) is 50.4 Å². The van der Waals surface area contributed by atoms with Crippen LogP contribution in [0, 0.1) is 6.92 Å². The summed E-state index contributed by atoms with van der Waals surface area (Å²) in [5.74, 6) is 1.32. The van der Waals surface area contributed by atoms with Crippen molar-refractivity contribution in [3.63, 3.8) is 0 Å². The summed E-state index contributed by atoms with van der Waals surface area (Å²) < 4.78 is 10.7. The molecule has 0 unspecified atom stereocenters. The van der Waals surface area contributed by atoms with Gasteiger partial charge in [0.05, 0.1) is 19.8 Å². The maximum Gasteiger partial charge on any atom is 0.254 e. The van der Waals surface area contributed by atoms with E-state index in [0.717, 1.165) is 16.7 Å². The van der Waals surface area contributed by atoms with Gasteiger partial charge in [-0.15, -0.1) is 0 Å². The second kappa shape index (κ2) is 13.1. The van der Waals surface area contributed by atoms with Gasteiger partial charge in [-0.2, -0.15) is 0 Å². The summed E-state index contributed by atoms with van der Waals surface area (Å²) in [6.45, 7) is 2.77. The van der Waals surface area contributed by atoms with E-state index in [0.29, 0.717) is 58.5 Å². The van der Waals surface area contributed by atoms with Crippen LogP contribution in [0.4, 0.5) is 0 Å². The van der Waals surface area contributed by atoms with Crippen molar-refractivity contribution in [1.29, 1.82) is 0 Å². The van der Waals surface area contributed by atoms with E-state index in [1.807, 2.05) is 43.3 Å². The minimum atomic E-state index is -0.300. The van der Waals surface area contributed by atoms with Crippen molar-refractivity contribution >= 4 is 23.4 Å². The van der Waals surface area contributed by atoms with Crippen LogP contribution >= 0.6 is 11.6 Å². The van der Waals surface area contributed by atoms with E-state index >= 15 is 0 Å². The number of nitrogens with zero attached hydrogens (tertiary/aromatic N) is 3. The number of rotatable bonds is 10. The van der Waals surface area contributed by atoms with Crippen LogP contribution in [-0.2, 0) is 13.0 Å². The number of carbonyl (C=O) groups excluding carboxylic acids is 2. The molecule has 206 valence electrons. The Morgan fingerprint density at radius 3 is 2.35 bits per heavy atom. The van der Waals surface area contributed by atoms with Crippen molar-refractivity contribution in [2.45, 2.75) is 19.9 Å². The van der Waals surface area contributed by atoms with Crippen LogP contribution in [0.1, 0.15) is 37.4 Å². The third-order valence-corrected chi connectivity index (χ3v) is 6.95.